The minimum atomic E-state index is -0.705. The third-order valence-electron chi connectivity index (χ3n) is 2.86. The monoisotopic (exact) mass is 284 g/mol. The number of hydrogen-bond acceptors (Lipinski definition) is 4. The third-order valence-corrected chi connectivity index (χ3v) is 2.86. The van der Waals surface area contributed by atoms with Crippen LogP contribution in [-0.4, -0.2) is 24.3 Å². The molecule has 0 fully saturated rings. The molecule has 2 rings (SSSR count). The summed E-state index contributed by atoms with van der Waals surface area (Å²) in [6.45, 7) is 0. The van der Waals surface area contributed by atoms with Gasteiger partial charge in [-0.05, 0) is 35.4 Å². The average molecular weight is 284 g/mol. The molecule has 108 valence electrons. The summed E-state index contributed by atoms with van der Waals surface area (Å²) in [5, 5.41) is 13.0. The van der Waals surface area contributed by atoms with Gasteiger partial charge in [-0.25, -0.2) is 5.43 Å². The molecule has 0 unspecified atom stereocenters. The number of aromatic hydroxyl groups is 1. The summed E-state index contributed by atoms with van der Waals surface area (Å²) >= 11 is 0. The second-order valence-corrected chi connectivity index (χ2v) is 4.35. The maximum absolute atomic E-state index is 12.0. The number of benzene rings is 2. The highest BCUT2D eigenvalue weighted by Crippen LogP contribution is 2.16. The number of hydrazone groups is 1. The van der Waals surface area contributed by atoms with Crippen LogP contribution in [0.2, 0.25) is 0 Å². The molecule has 21 heavy (non-hydrogen) atoms. The van der Waals surface area contributed by atoms with Gasteiger partial charge >= 0.3 is 0 Å². The van der Waals surface area contributed by atoms with E-state index < -0.39 is 6.10 Å². The van der Waals surface area contributed by atoms with Gasteiger partial charge in [-0.1, -0.05) is 30.3 Å². The van der Waals surface area contributed by atoms with Crippen LogP contribution < -0.4 is 5.43 Å². The molecule has 1 amide bonds. The number of carbonyl (C=O) groups excluding carboxylic acids is 1. The van der Waals surface area contributed by atoms with Gasteiger partial charge in [-0.2, -0.15) is 5.10 Å². The zero-order chi connectivity index (χ0) is 15.1. The molecule has 0 heterocycles. The summed E-state index contributed by atoms with van der Waals surface area (Å²) in [6, 6.07) is 15.7. The van der Waals surface area contributed by atoms with Crippen molar-refractivity contribution in [2.24, 2.45) is 5.10 Å². The Morgan fingerprint density at radius 2 is 1.86 bits per heavy atom. The Morgan fingerprint density at radius 3 is 2.48 bits per heavy atom. The maximum atomic E-state index is 12.0. The first-order valence-electron chi connectivity index (χ1n) is 6.40. The van der Waals surface area contributed by atoms with E-state index in [-0.39, 0.29) is 11.7 Å². The summed E-state index contributed by atoms with van der Waals surface area (Å²) in [5.74, 6) is -0.168. The van der Waals surface area contributed by atoms with Crippen LogP contribution in [0.15, 0.2) is 59.7 Å². The molecule has 0 radical (unpaired) electrons. The molecule has 0 aliphatic carbocycles. The lowest BCUT2D eigenvalue weighted by molar-refractivity contribution is -0.131. The Bertz CT molecular complexity index is 609. The Hall–Kier alpha value is -2.66. The molecular weight excluding hydrogens is 268 g/mol. The number of methoxy groups -OCH3 is 1. The standard InChI is InChI=1S/C16H16N2O3/c1-21-15(13-5-3-2-4-6-13)16(20)18-17-11-12-7-9-14(19)10-8-12/h2-11,15,19H,1H3,(H,18,20)/b17-11-/t15-/m0/s1. The second-order valence-electron chi connectivity index (χ2n) is 4.35. The van der Waals surface area contributed by atoms with Crippen molar-refractivity contribution in [3.8, 4) is 5.75 Å². The average Bonchev–Trinajstić information content (AvgIpc) is 2.51. The topological polar surface area (TPSA) is 70.9 Å². The van der Waals surface area contributed by atoms with Crippen molar-refractivity contribution < 1.29 is 14.6 Å². The minimum absolute atomic E-state index is 0.180. The van der Waals surface area contributed by atoms with Crippen LogP contribution in [0.1, 0.15) is 17.2 Å². The number of phenols is 1. The van der Waals surface area contributed by atoms with E-state index in [9.17, 15) is 9.90 Å². The summed E-state index contributed by atoms with van der Waals surface area (Å²) in [5.41, 5.74) is 3.97. The molecule has 5 heteroatoms. The molecule has 2 aromatic rings. The van der Waals surface area contributed by atoms with Crippen molar-refractivity contribution in [1.82, 2.24) is 5.43 Å². The van der Waals surface area contributed by atoms with Gasteiger partial charge in [0.2, 0.25) is 0 Å². The minimum Gasteiger partial charge on any atom is -0.508 e. The smallest absolute Gasteiger partial charge is 0.273 e. The van der Waals surface area contributed by atoms with Gasteiger partial charge in [0.25, 0.3) is 5.91 Å². The lowest BCUT2D eigenvalue weighted by Crippen LogP contribution is -2.26. The van der Waals surface area contributed by atoms with Crippen molar-refractivity contribution in [2.45, 2.75) is 6.10 Å². The number of nitrogens with zero attached hydrogens (tertiary/aromatic N) is 1. The van der Waals surface area contributed by atoms with E-state index in [4.69, 9.17) is 4.74 Å². The first-order valence-corrected chi connectivity index (χ1v) is 6.40. The Labute approximate surface area is 122 Å². The van der Waals surface area contributed by atoms with Crippen LogP contribution in [0.4, 0.5) is 0 Å². The van der Waals surface area contributed by atoms with Crippen LogP contribution in [0.3, 0.4) is 0 Å². The fourth-order valence-electron chi connectivity index (χ4n) is 1.81. The number of hydrogen-bond donors (Lipinski definition) is 2. The molecule has 0 bridgehead atoms. The highest BCUT2D eigenvalue weighted by atomic mass is 16.5. The largest absolute Gasteiger partial charge is 0.508 e. The van der Waals surface area contributed by atoms with Gasteiger partial charge in [-0.15, -0.1) is 0 Å². The molecule has 5 nitrogen and oxygen atoms in total. The summed E-state index contributed by atoms with van der Waals surface area (Å²) in [4.78, 5) is 12.0. The highest BCUT2D eigenvalue weighted by molar-refractivity contribution is 5.85. The van der Waals surface area contributed by atoms with E-state index in [2.05, 4.69) is 10.5 Å². The van der Waals surface area contributed by atoms with Crippen molar-refractivity contribution in [1.29, 1.82) is 0 Å². The predicted molar refractivity (Wildman–Crippen MR) is 80.0 cm³/mol. The first kappa shape index (κ1) is 14.7. The molecule has 0 aliphatic rings. The zero-order valence-electron chi connectivity index (χ0n) is 11.6. The van der Waals surface area contributed by atoms with E-state index >= 15 is 0 Å². The van der Waals surface area contributed by atoms with Crippen LogP contribution in [0.25, 0.3) is 0 Å². The third kappa shape index (κ3) is 4.15. The van der Waals surface area contributed by atoms with Gasteiger partial charge < -0.3 is 9.84 Å². The lowest BCUT2D eigenvalue weighted by Gasteiger charge is -2.13. The summed E-state index contributed by atoms with van der Waals surface area (Å²) < 4.78 is 5.20. The Balaban J connectivity index is 1.98. The Morgan fingerprint density at radius 1 is 1.19 bits per heavy atom. The Kier molecular flexibility index (Phi) is 5.06. The quantitative estimate of drug-likeness (QED) is 0.653. The van der Waals surface area contributed by atoms with E-state index in [1.54, 1.807) is 24.3 Å². The fraction of sp³-hybridized carbons (Fsp3) is 0.125. The SMILES string of the molecule is CO[C@H](C(=O)N/N=C\c1ccc(O)cc1)c1ccccc1. The molecule has 0 aromatic heterocycles. The first-order chi connectivity index (χ1) is 10.2. The van der Waals surface area contributed by atoms with Gasteiger partial charge in [0, 0.05) is 7.11 Å². The summed E-state index contributed by atoms with van der Waals surface area (Å²) in [7, 11) is 1.47. The van der Waals surface area contributed by atoms with Crippen molar-refractivity contribution in [3.05, 3.63) is 65.7 Å². The van der Waals surface area contributed by atoms with E-state index in [1.807, 2.05) is 30.3 Å². The highest BCUT2D eigenvalue weighted by Gasteiger charge is 2.18. The maximum Gasteiger partial charge on any atom is 0.273 e. The molecule has 2 N–H and O–H groups in total. The number of amides is 1. The molecule has 0 spiro atoms. The normalized spacial score (nSPS) is 12.2. The van der Waals surface area contributed by atoms with Crippen LogP contribution in [0, 0.1) is 0 Å². The molecule has 0 aliphatic heterocycles. The molecule has 0 saturated carbocycles. The zero-order valence-corrected chi connectivity index (χ0v) is 11.6. The van der Waals surface area contributed by atoms with Gasteiger partial charge in [-0.3, -0.25) is 4.79 Å². The molecule has 0 saturated heterocycles. The lowest BCUT2D eigenvalue weighted by atomic mass is 10.1. The van der Waals surface area contributed by atoms with Crippen LogP contribution in [0.5, 0.6) is 5.75 Å². The summed E-state index contributed by atoms with van der Waals surface area (Å²) in [6.07, 6.45) is 0.790. The van der Waals surface area contributed by atoms with Crippen LogP contribution >= 0.6 is 0 Å². The van der Waals surface area contributed by atoms with E-state index in [0.29, 0.717) is 0 Å². The number of ether oxygens (including phenoxy) is 1. The van der Waals surface area contributed by atoms with Crippen LogP contribution in [-0.2, 0) is 9.53 Å². The number of carbonyl (C=O) groups is 1. The van der Waals surface area contributed by atoms with E-state index in [1.165, 1.54) is 13.3 Å². The van der Waals surface area contributed by atoms with E-state index in [0.717, 1.165) is 11.1 Å². The van der Waals surface area contributed by atoms with Gasteiger partial charge in [0.05, 0.1) is 6.21 Å². The van der Waals surface area contributed by atoms with Gasteiger partial charge in [0.1, 0.15) is 5.75 Å². The molecule has 1 atom stereocenters. The number of nitrogens with one attached hydrogen (secondary N) is 1. The van der Waals surface area contributed by atoms with Crippen molar-refractivity contribution in [2.75, 3.05) is 7.11 Å². The van der Waals surface area contributed by atoms with Crippen molar-refractivity contribution >= 4 is 12.1 Å². The van der Waals surface area contributed by atoms with Gasteiger partial charge in [0.15, 0.2) is 6.10 Å². The molecule has 2 aromatic carbocycles. The molecular formula is C16H16N2O3. The van der Waals surface area contributed by atoms with Crippen molar-refractivity contribution in [3.63, 3.8) is 0 Å². The number of phenolic OH excluding ortho intramolecular Hbond substituents is 1. The fourth-order valence-corrected chi connectivity index (χ4v) is 1.81. The predicted octanol–water partition coefficient (Wildman–Crippen LogP) is 2.23. The second kappa shape index (κ2) is 7.21. The number of rotatable bonds is 5.